The van der Waals surface area contributed by atoms with Gasteiger partial charge in [-0.25, -0.2) is 0 Å². The molecule has 0 aromatic heterocycles. The van der Waals surface area contributed by atoms with Gasteiger partial charge in [0.15, 0.2) is 0 Å². The lowest BCUT2D eigenvalue weighted by Gasteiger charge is -2.22. The zero-order chi connectivity index (χ0) is 17.2. The second-order valence-corrected chi connectivity index (χ2v) is 7.54. The number of hydrogen-bond donors (Lipinski definition) is 0. The van der Waals surface area contributed by atoms with Crippen molar-refractivity contribution in [1.82, 2.24) is 4.90 Å². The van der Waals surface area contributed by atoms with Crippen molar-refractivity contribution in [3.8, 4) is 0 Å². The van der Waals surface area contributed by atoms with E-state index in [-0.39, 0.29) is 0 Å². The van der Waals surface area contributed by atoms with Gasteiger partial charge in [0.2, 0.25) is 0 Å². The average molecular weight is 318 g/mol. The molecule has 0 aliphatic heterocycles. The molecule has 0 N–H and O–H groups in total. The summed E-state index contributed by atoms with van der Waals surface area (Å²) in [5.74, 6) is 1.48. The Kier molecular flexibility index (Phi) is 9.55. The van der Waals surface area contributed by atoms with Crippen LogP contribution in [-0.2, 0) is 6.42 Å². The van der Waals surface area contributed by atoms with Gasteiger partial charge >= 0.3 is 0 Å². The lowest BCUT2D eigenvalue weighted by atomic mass is 9.86. The Morgan fingerprint density at radius 1 is 1.00 bits per heavy atom. The standard InChI is InChI=1S/C22H39N/c1-7-10-21(11-8-2)22-13-12-20(16-19(22)5)15-18(4)17-23(6)14-9-3/h12-13,16,18,21H,7-11,14-15,17H2,1-6H3. The van der Waals surface area contributed by atoms with Crippen molar-refractivity contribution in [2.75, 3.05) is 20.1 Å². The van der Waals surface area contributed by atoms with Crippen LogP contribution in [0.4, 0.5) is 0 Å². The highest BCUT2D eigenvalue weighted by Gasteiger charge is 2.13. The second kappa shape index (κ2) is 10.9. The summed E-state index contributed by atoms with van der Waals surface area (Å²) >= 11 is 0. The largest absolute Gasteiger partial charge is 0.306 e. The van der Waals surface area contributed by atoms with Crippen LogP contribution in [0.15, 0.2) is 18.2 Å². The Morgan fingerprint density at radius 3 is 2.17 bits per heavy atom. The predicted octanol–water partition coefficient (Wildman–Crippen LogP) is 6.20. The highest BCUT2D eigenvalue weighted by Crippen LogP contribution is 2.29. The van der Waals surface area contributed by atoms with Crippen molar-refractivity contribution in [1.29, 1.82) is 0 Å². The van der Waals surface area contributed by atoms with E-state index in [1.54, 1.807) is 5.56 Å². The van der Waals surface area contributed by atoms with Crippen LogP contribution in [0.5, 0.6) is 0 Å². The first-order valence-electron chi connectivity index (χ1n) is 9.79. The Morgan fingerprint density at radius 2 is 1.65 bits per heavy atom. The van der Waals surface area contributed by atoms with Crippen molar-refractivity contribution in [2.45, 2.75) is 79.1 Å². The van der Waals surface area contributed by atoms with Crippen LogP contribution >= 0.6 is 0 Å². The molecule has 0 fully saturated rings. The third kappa shape index (κ3) is 7.08. The molecule has 23 heavy (non-hydrogen) atoms. The van der Waals surface area contributed by atoms with Gasteiger partial charge < -0.3 is 4.90 Å². The molecule has 0 aliphatic rings. The summed E-state index contributed by atoms with van der Waals surface area (Å²) in [7, 11) is 2.24. The SMILES string of the molecule is CCCC(CCC)c1ccc(CC(C)CN(C)CCC)cc1C. The van der Waals surface area contributed by atoms with E-state index in [1.165, 1.54) is 62.7 Å². The van der Waals surface area contributed by atoms with Crippen LogP contribution in [0.1, 0.15) is 82.4 Å². The average Bonchev–Trinajstić information content (AvgIpc) is 2.47. The molecule has 0 saturated heterocycles. The van der Waals surface area contributed by atoms with Crippen molar-refractivity contribution in [3.63, 3.8) is 0 Å². The Labute approximate surface area is 145 Å². The molecule has 1 unspecified atom stereocenters. The first kappa shape index (κ1) is 20.2. The van der Waals surface area contributed by atoms with E-state index in [4.69, 9.17) is 0 Å². The van der Waals surface area contributed by atoms with Crippen LogP contribution in [0.25, 0.3) is 0 Å². The lowest BCUT2D eigenvalue weighted by molar-refractivity contribution is 0.285. The van der Waals surface area contributed by atoms with Crippen molar-refractivity contribution < 1.29 is 0 Å². The Hall–Kier alpha value is -0.820. The van der Waals surface area contributed by atoms with Crippen LogP contribution in [0.2, 0.25) is 0 Å². The molecule has 132 valence electrons. The summed E-state index contributed by atoms with van der Waals surface area (Å²) in [6, 6.07) is 7.25. The van der Waals surface area contributed by atoms with Gasteiger partial charge in [0, 0.05) is 6.54 Å². The molecule has 1 aromatic carbocycles. The van der Waals surface area contributed by atoms with Gasteiger partial charge in [0.25, 0.3) is 0 Å². The molecule has 0 radical (unpaired) electrons. The van der Waals surface area contributed by atoms with Gasteiger partial charge in [0.1, 0.15) is 0 Å². The van der Waals surface area contributed by atoms with Crippen LogP contribution in [0, 0.1) is 12.8 Å². The summed E-state index contributed by atoms with van der Waals surface area (Å²) in [5.41, 5.74) is 4.60. The number of nitrogens with zero attached hydrogens (tertiary/aromatic N) is 1. The van der Waals surface area contributed by atoms with E-state index in [1.807, 2.05) is 0 Å². The van der Waals surface area contributed by atoms with E-state index in [9.17, 15) is 0 Å². The van der Waals surface area contributed by atoms with Gasteiger partial charge in [0.05, 0.1) is 0 Å². The molecule has 0 aliphatic carbocycles. The first-order chi connectivity index (χ1) is 11.0. The molecule has 0 bridgehead atoms. The van der Waals surface area contributed by atoms with Crippen LogP contribution in [-0.4, -0.2) is 25.0 Å². The summed E-state index contributed by atoms with van der Waals surface area (Å²) in [6.07, 6.45) is 7.66. The van der Waals surface area contributed by atoms with Gasteiger partial charge in [-0.05, 0) is 74.7 Å². The predicted molar refractivity (Wildman–Crippen MR) is 104 cm³/mol. The Balaban J connectivity index is 2.71. The van der Waals surface area contributed by atoms with Crippen molar-refractivity contribution >= 4 is 0 Å². The monoisotopic (exact) mass is 317 g/mol. The maximum atomic E-state index is 2.46. The summed E-state index contributed by atoms with van der Waals surface area (Å²) in [6.45, 7) is 14.0. The molecule has 0 amide bonds. The van der Waals surface area contributed by atoms with Gasteiger partial charge in [-0.1, -0.05) is 58.7 Å². The van der Waals surface area contributed by atoms with Crippen LogP contribution < -0.4 is 0 Å². The third-order valence-corrected chi connectivity index (χ3v) is 4.86. The van der Waals surface area contributed by atoms with E-state index in [2.05, 4.69) is 64.8 Å². The maximum Gasteiger partial charge on any atom is 0.000714 e. The molecule has 1 rings (SSSR count). The van der Waals surface area contributed by atoms with E-state index in [0.717, 1.165) is 11.8 Å². The zero-order valence-corrected chi connectivity index (χ0v) is 16.5. The highest BCUT2D eigenvalue weighted by molar-refractivity contribution is 5.34. The molecule has 1 atom stereocenters. The van der Waals surface area contributed by atoms with Crippen molar-refractivity contribution in [2.24, 2.45) is 5.92 Å². The number of rotatable bonds is 11. The van der Waals surface area contributed by atoms with Crippen molar-refractivity contribution in [3.05, 3.63) is 34.9 Å². The zero-order valence-electron chi connectivity index (χ0n) is 16.5. The fourth-order valence-electron chi connectivity index (χ4n) is 3.95. The van der Waals surface area contributed by atoms with Gasteiger partial charge in [-0.15, -0.1) is 0 Å². The third-order valence-electron chi connectivity index (χ3n) is 4.86. The van der Waals surface area contributed by atoms with Crippen LogP contribution in [0.3, 0.4) is 0 Å². The molecule has 0 saturated carbocycles. The molecule has 0 spiro atoms. The summed E-state index contributed by atoms with van der Waals surface area (Å²) < 4.78 is 0. The number of aryl methyl sites for hydroxylation is 1. The van der Waals surface area contributed by atoms with Gasteiger partial charge in [-0.3, -0.25) is 0 Å². The Bertz CT molecular complexity index is 432. The molecular formula is C22H39N. The fourth-order valence-corrected chi connectivity index (χ4v) is 3.95. The van der Waals surface area contributed by atoms with E-state index in [0.29, 0.717) is 0 Å². The normalized spacial score (nSPS) is 13.0. The number of benzene rings is 1. The fraction of sp³-hybridized carbons (Fsp3) is 0.727. The first-order valence-corrected chi connectivity index (χ1v) is 9.79. The lowest BCUT2D eigenvalue weighted by Crippen LogP contribution is -2.26. The molecule has 1 heteroatoms. The van der Waals surface area contributed by atoms with E-state index < -0.39 is 0 Å². The molecule has 1 nitrogen and oxygen atoms in total. The topological polar surface area (TPSA) is 3.24 Å². The highest BCUT2D eigenvalue weighted by atomic mass is 15.1. The quantitative estimate of drug-likeness (QED) is 0.469. The minimum Gasteiger partial charge on any atom is -0.306 e. The van der Waals surface area contributed by atoms with E-state index >= 15 is 0 Å². The van der Waals surface area contributed by atoms with Gasteiger partial charge in [-0.2, -0.15) is 0 Å². The smallest absolute Gasteiger partial charge is 0.000714 e. The summed E-state index contributed by atoms with van der Waals surface area (Å²) in [4.78, 5) is 2.46. The molecule has 0 heterocycles. The summed E-state index contributed by atoms with van der Waals surface area (Å²) in [5, 5.41) is 0. The second-order valence-electron chi connectivity index (χ2n) is 7.54. The minimum atomic E-state index is 0.721. The molecule has 1 aromatic rings. The minimum absolute atomic E-state index is 0.721. The maximum absolute atomic E-state index is 2.46. The molecular weight excluding hydrogens is 278 g/mol. The number of hydrogen-bond acceptors (Lipinski definition) is 1.